The van der Waals surface area contributed by atoms with E-state index in [4.69, 9.17) is 9.47 Å². The van der Waals surface area contributed by atoms with Crippen molar-refractivity contribution in [1.29, 1.82) is 0 Å². The molecule has 0 bridgehead atoms. The maximum absolute atomic E-state index is 12.4. The van der Waals surface area contributed by atoms with E-state index in [0.717, 1.165) is 35.1 Å². The molecule has 0 radical (unpaired) electrons. The molecule has 30 heavy (non-hydrogen) atoms. The van der Waals surface area contributed by atoms with Crippen molar-refractivity contribution in [1.82, 2.24) is 0 Å². The highest BCUT2D eigenvalue weighted by atomic mass is 127. The van der Waals surface area contributed by atoms with E-state index in [1.165, 1.54) is 0 Å². The van der Waals surface area contributed by atoms with Crippen molar-refractivity contribution in [2.45, 2.75) is 13.5 Å². The molecule has 0 atom stereocenters. The minimum atomic E-state index is -0.333. The number of halogens is 2. The number of rotatable bonds is 5. The molecule has 4 rings (SSSR count). The molecule has 3 aromatic rings. The van der Waals surface area contributed by atoms with Crippen LogP contribution in [0.4, 0.5) is 0 Å². The van der Waals surface area contributed by atoms with Crippen LogP contribution in [-0.2, 0) is 16.1 Å². The summed E-state index contributed by atoms with van der Waals surface area (Å²) in [5.74, 6) is 1.10. The fourth-order valence-electron chi connectivity index (χ4n) is 3.06. The Balaban J connectivity index is 1.56. The smallest absolute Gasteiger partial charge is 0.343 e. The Hall–Kier alpha value is -2.13. The molecule has 0 fully saturated rings. The Kier molecular flexibility index (Phi) is 6.58. The molecule has 0 amide bonds. The average molecular weight is 620 g/mol. The molecule has 0 saturated heterocycles. The SMILES string of the molecule is Cc1ccc(C2=C/C(=C\c3cc(I)c(OCc4ccccc4)c(I)c3)C(=O)O2)cc1. The molecule has 1 heterocycles. The molecule has 3 aromatic carbocycles. The highest BCUT2D eigenvalue weighted by Gasteiger charge is 2.22. The summed E-state index contributed by atoms with van der Waals surface area (Å²) in [7, 11) is 0. The molecule has 0 spiro atoms. The summed E-state index contributed by atoms with van der Waals surface area (Å²) >= 11 is 4.54. The lowest BCUT2D eigenvalue weighted by Crippen LogP contribution is -2.00. The fourth-order valence-corrected chi connectivity index (χ4v) is 5.19. The summed E-state index contributed by atoms with van der Waals surface area (Å²) in [5.41, 5.74) is 4.65. The van der Waals surface area contributed by atoms with Gasteiger partial charge < -0.3 is 9.47 Å². The quantitative estimate of drug-likeness (QED) is 0.180. The molecular weight excluding hydrogens is 602 g/mol. The zero-order valence-corrected chi connectivity index (χ0v) is 20.5. The number of hydrogen-bond donors (Lipinski definition) is 0. The lowest BCUT2D eigenvalue weighted by atomic mass is 10.1. The number of carbonyl (C=O) groups excluding carboxylic acids is 1. The van der Waals surface area contributed by atoms with Gasteiger partial charge in [0.15, 0.2) is 0 Å². The van der Waals surface area contributed by atoms with Crippen molar-refractivity contribution in [2.24, 2.45) is 0 Å². The van der Waals surface area contributed by atoms with Gasteiger partial charge in [0.05, 0.1) is 12.7 Å². The first kappa shape index (κ1) is 21.1. The molecule has 0 unspecified atom stereocenters. The molecule has 5 heteroatoms. The highest BCUT2D eigenvalue weighted by molar-refractivity contribution is 14.1. The Bertz CT molecular complexity index is 1120. The molecule has 1 aliphatic heterocycles. The number of ether oxygens (including phenoxy) is 2. The van der Waals surface area contributed by atoms with Gasteiger partial charge in [-0.2, -0.15) is 0 Å². The standard InChI is InChI=1S/C25H18I2O3/c1-16-7-9-19(10-8-16)23-14-20(25(28)30-23)11-18-12-21(26)24(22(27)13-18)29-15-17-5-3-2-4-6-17/h2-14H,15H2,1H3/b20-11+. The third kappa shape index (κ3) is 4.95. The molecule has 150 valence electrons. The van der Waals surface area contributed by atoms with Crippen LogP contribution >= 0.6 is 45.2 Å². The van der Waals surface area contributed by atoms with Crippen molar-refractivity contribution in [2.75, 3.05) is 0 Å². The minimum Gasteiger partial charge on any atom is -0.487 e. The Morgan fingerprint density at radius 2 is 1.63 bits per heavy atom. The van der Waals surface area contributed by atoms with Crippen LogP contribution in [0.1, 0.15) is 22.3 Å². The largest absolute Gasteiger partial charge is 0.487 e. The fraction of sp³-hybridized carbons (Fsp3) is 0.0800. The summed E-state index contributed by atoms with van der Waals surface area (Å²) in [6, 6.07) is 22.0. The van der Waals surface area contributed by atoms with Gasteiger partial charge in [-0.25, -0.2) is 4.79 Å². The number of esters is 1. The van der Waals surface area contributed by atoms with Crippen molar-refractivity contribution >= 4 is 63.0 Å². The summed E-state index contributed by atoms with van der Waals surface area (Å²) in [4.78, 5) is 12.4. The maximum Gasteiger partial charge on any atom is 0.343 e. The second-order valence-electron chi connectivity index (χ2n) is 6.95. The van der Waals surface area contributed by atoms with E-state index in [9.17, 15) is 4.79 Å². The van der Waals surface area contributed by atoms with Gasteiger partial charge in [0, 0.05) is 5.56 Å². The van der Waals surface area contributed by atoms with Gasteiger partial charge in [-0.05, 0) is 87.5 Å². The van der Waals surface area contributed by atoms with E-state index in [1.807, 2.05) is 79.7 Å². The first-order valence-electron chi connectivity index (χ1n) is 9.38. The van der Waals surface area contributed by atoms with Gasteiger partial charge in [-0.1, -0.05) is 60.2 Å². The van der Waals surface area contributed by atoms with Crippen LogP contribution < -0.4 is 4.74 Å². The van der Waals surface area contributed by atoms with Crippen LogP contribution in [0.5, 0.6) is 5.75 Å². The predicted octanol–water partition coefficient (Wildman–Crippen LogP) is 6.76. The molecule has 0 aliphatic carbocycles. The maximum atomic E-state index is 12.4. The van der Waals surface area contributed by atoms with Crippen molar-refractivity contribution in [3.05, 3.63) is 108 Å². The minimum absolute atomic E-state index is 0.333. The van der Waals surface area contributed by atoms with Crippen LogP contribution in [0.2, 0.25) is 0 Å². The summed E-state index contributed by atoms with van der Waals surface area (Å²) in [5, 5.41) is 0. The zero-order chi connectivity index (χ0) is 21.1. The second kappa shape index (κ2) is 9.34. The van der Waals surface area contributed by atoms with Gasteiger partial charge in [0.2, 0.25) is 0 Å². The Morgan fingerprint density at radius 1 is 0.967 bits per heavy atom. The van der Waals surface area contributed by atoms with E-state index in [0.29, 0.717) is 17.9 Å². The summed E-state index contributed by atoms with van der Waals surface area (Å²) in [6.45, 7) is 2.54. The van der Waals surface area contributed by atoms with Gasteiger partial charge >= 0.3 is 5.97 Å². The van der Waals surface area contributed by atoms with E-state index in [-0.39, 0.29) is 5.97 Å². The molecule has 3 nitrogen and oxygen atoms in total. The Labute approximate surface area is 203 Å². The zero-order valence-electron chi connectivity index (χ0n) is 16.2. The topological polar surface area (TPSA) is 35.5 Å². The lowest BCUT2D eigenvalue weighted by molar-refractivity contribution is -0.130. The number of cyclic esters (lactones) is 1. The summed E-state index contributed by atoms with van der Waals surface area (Å²) < 4.78 is 13.5. The highest BCUT2D eigenvalue weighted by Crippen LogP contribution is 2.32. The number of carbonyl (C=O) groups is 1. The number of hydrogen-bond acceptors (Lipinski definition) is 3. The molecule has 1 aliphatic rings. The van der Waals surface area contributed by atoms with Gasteiger partial charge in [0.25, 0.3) is 0 Å². The average Bonchev–Trinajstić information content (AvgIpc) is 3.09. The predicted molar refractivity (Wildman–Crippen MR) is 136 cm³/mol. The monoisotopic (exact) mass is 620 g/mol. The van der Waals surface area contributed by atoms with Crippen LogP contribution in [0.3, 0.4) is 0 Å². The van der Waals surface area contributed by atoms with E-state index in [2.05, 4.69) is 45.2 Å². The summed E-state index contributed by atoms with van der Waals surface area (Å²) in [6.07, 6.45) is 3.65. The molecular formula is C25H18I2O3. The normalized spacial score (nSPS) is 14.6. The molecule has 0 aromatic heterocycles. The second-order valence-corrected chi connectivity index (χ2v) is 9.28. The van der Waals surface area contributed by atoms with E-state index >= 15 is 0 Å². The van der Waals surface area contributed by atoms with Crippen LogP contribution in [0, 0.1) is 14.1 Å². The Morgan fingerprint density at radius 3 is 2.30 bits per heavy atom. The van der Waals surface area contributed by atoms with Gasteiger partial charge in [-0.3, -0.25) is 0 Å². The molecule has 0 saturated carbocycles. The number of benzene rings is 3. The number of aryl methyl sites for hydroxylation is 1. The first-order chi connectivity index (χ1) is 14.5. The van der Waals surface area contributed by atoms with E-state index in [1.54, 1.807) is 6.08 Å². The van der Waals surface area contributed by atoms with Crippen LogP contribution in [0.25, 0.3) is 11.8 Å². The van der Waals surface area contributed by atoms with Crippen molar-refractivity contribution < 1.29 is 14.3 Å². The third-order valence-corrected chi connectivity index (χ3v) is 6.23. The van der Waals surface area contributed by atoms with Crippen molar-refractivity contribution in [3.8, 4) is 5.75 Å². The van der Waals surface area contributed by atoms with E-state index < -0.39 is 0 Å². The van der Waals surface area contributed by atoms with Crippen molar-refractivity contribution in [3.63, 3.8) is 0 Å². The van der Waals surface area contributed by atoms with Gasteiger partial charge in [-0.15, -0.1) is 0 Å². The van der Waals surface area contributed by atoms with Crippen LogP contribution in [-0.4, -0.2) is 5.97 Å². The third-order valence-electron chi connectivity index (χ3n) is 4.63. The molecule has 0 N–H and O–H groups in total. The lowest BCUT2D eigenvalue weighted by Gasteiger charge is -2.11. The van der Waals surface area contributed by atoms with Crippen LogP contribution in [0.15, 0.2) is 78.4 Å². The first-order valence-corrected chi connectivity index (χ1v) is 11.5. The van der Waals surface area contributed by atoms with Gasteiger partial charge in [0.1, 0.15) is 18.1 Å².